The van der Waals surface area contributed by atoms with Crippen molar-refractivity contribution in [3.05, 3.63) is 176 Å². The van der Waals surface area contributed by atoms with Gasteiger partial charge in [0.05, 0.1) is 5.69 Å². The molecule has 0 aliphatic rings. The second-order valence-corrected chi connectivity index (χ2v) is 11.8. The third-order valence-corrected chi connectivity index (χ3v) is 9.02. The summed E-state index contributed by atoms with van der Waals surface area (Å²) in [6.45, 7) is 0. The minimum absolute atomic E-state index is 0.898. The van der Waals surface area contributed by atoms with Gasteiger partial charge in [-0.2, -0.15) is 0 Å². The van der Waals surface area contributed by atoms with E-state index in [9.17, 15) is 0 Å². The summed E-state index contributed by atoms with van der Waals surface area (Å²) in [4.78, 5) is 2.39. The van der Waals surface area contributed by atoms with Gasteiger partial charge in [-0.15, -0.1) is 0 Å². The monoisotopic (exact) mass is 587 g/mol. The van der Waals surface area contributed by atoms with Crippen molar-refractivity contribution < 1.29 is 4.42 Å². The first-order valence-corrected chi connectivity index (χ1v) is 15.7. The molecular formula is C44H29NO. The van der Waals surface area contributed by atoms with E-state index < -0.39 is 0 Å². The average molecular weight is 588 g/mol. The van der Waals surface area contributed by atoms with Crippen LogP contribution in [0.2, 0.25) is 0 Å². The molecule has 9 rings (SSSR count). The first-order chi connectivity index (χ1) is 22.8. The van der Waals surface area contributed by atoms with Crippen LogP contribution in [0.4, 0.5) is 17.1 Å². The minimum atomic E-state index is 0.898. The van der Waals surface area contributed by atoms with E-state index in [2.05, 4.69) is 181 Å². The van der Waals surface area contributed by atoms with Crippen molar-refractivity contribution in [1.82, 2.24) is 0 Å². The van der Waals surface area contributed by atoms with E-state index in [4.69, 9.17) is 4.42 Å². The van der Waals surface area contributed by atoms with Crippen molar-refractivity contribution in [1.29, 1.82) is 0 Å². The lowest BCUT2D eigenvalue weighted by Gasteiger charge is -2.28. The third kappa shape index (κ3) is 4.43. The molecule has 8 aromatic carbocycles. The fourth-order valence-corrected chi connectivity index (χ4v) is 6.78. The second-order valence-electron chi connectivity index (χ2n) is 11.8. The minimum Gasteiger partial charge on any atom is -0.455 e. The molecule has 0 saturated heterocycles. The van der Waals surface area contributed by atoms with Gasteiger partial charge < -0.3 is 9.32 Å². The Morgan fingerprint density at radius 2 is 1.09 bits per heavy atom. The molecule has 1 aromatic heterocycles. The van der Waals surface area contributed by atoms with Crippen LogP contribution in [0.15, 0.2) is 180 Å². The van der Waals surface area contributed by atoms with Crippen molar-refractivity contribution in [3.8, 4) is 22.3 Å². The van der Waals surface area contributed by atoms with Crippen molar-refractivity contribution in [2.24, 2.45) is 0 Å². The lowest BCUT2D eigenvalue weighted by atomic mass is 9.98. The molecule has 0 fully saturated rings. The predicted molar refractivity (Wildman–Crippen MR) is 194 cm³/mol. The average Bonchev–Trinajstić information content (AvgIpc) is 3.51. The number of fused-ring (bicyclic) bond motifs is 6. The van der Waals surface area contributed by atoms with Crippen LogP contribution in [0.1, 0.15) is 0 Å². The molecule has 1 heterocycles. The molecule has 0 aliphatic carbocycles. The quantitative estimate of drug-likeness (QED) is 0.199. The van der Waals surface area contributed by atoms with Gasteiger partial charge in [0, 0.05) is 33.1 Å². The van der Waals surface area contributed by atoms with Crippen LogP contribution in [0.25, 0.3) is 65.7 Å². The van der Waals surface area contributed by atoms with Gasteiger partial charge in [-0.25, -0.2) is 0 Å². The van der Waals surface area contributed by atoms with Crippen LogP contribution >= 0.6 is 0 Å². The topological polar surface area (TPSA) is 16.4 Å². The summed E-state index contributed by atoms with van der Waals surface area (Å²) >= 11 is 0. The Balaban J connectivity index is 1.25. The fourth-order valence-electron chi connectivity index (χ4n) is 6.78. The van der Waals surface area contributed by atoms with Crippen LogP contribution < -0.4 is 4.90 Å². The Labute approximate surface area is 267 Å². The number of para-hydroxylation sites is 1. The predicted octanol–water partition coefficient (Wildman–Crippen LogP) is 12.7. The summed E-state index contributed by atoms with van der Waals surface area (Å²) in [5, 5.41) is 7.01. The van der Waals surface area contributed by atoms with E-state index >= 15 is 0 Å². The molecular weight excluding hydrogens is 558 g/mol. The van der Waals surface area contributed by atoms with Crippen molar-refractivity contribution in [2.45, 2.75) is 0 Å². The van der Waals surface area contributed by atoms with E-state index in [1.807, 2.05) is 0 Å². The maximum absolute atomic E-state index is 6.46. The van der Waals surface area contributed by atoms with Crippen molar-refractivity contribution in [3.63, 3.8) is 0 Å². The number of furan rings is 1. The number of rotatable bonds is 5. The molecule has 0 bridgehead atoms. The maximum Gasteiger partial charge on any atom is 0.143 e. The molecule has 9 aromatic rings. The molecule has 2 heteroatoms. The van der Waals surface area contributed by atoms with Gasteiger partial charge >= 0.3 is 0 Å². The lowest BCUT2D eigenvalue weighted by molar-refractivity contribution is 0.672. The zero-order valence-electron chi connectivity index (χ0n) is 25.1. The number of hydrogen-bond donors (Lipinski definition) is 0. The highest BCUT2D eigenvalue weighted by molar-refractivity contribution is 6.15. The molecule has 0 unspecified atom stereocenters. The van der Waals surface area contributed by atoms with E-state index in [1.165, 1.54) is 27.3 Å². The number of anilines is 3. The summed E-state index contributed by atoms with van der Waals surface area (Å²) in [5.41, 5.74) is 9.83. The molecule has 0 amide bonds. The molecule has 2 nitrogen and oxygen atoms in total. The Morgan fingerprint density at radius 3 is 2.00 bits per heavy atom. The lowest BCUT2D eigenvalue weighted by Crippen LogP contribution is -2.11. The highest BCUT2D eigenvalue weighted by atomic mass is 16.3. The standard InChI is InChI=1S/C44H29NO/c1-2-11-30(12-3-1)34-16-10-17-36(27-34)45(37-24-21-31-13-4-5-15-33(31)28-37)42-20-9-8-18-38(42)35-23-26-43-41(29-35)40-25-22-32-14-6-7-19-39(32)44(40)46-43/h1-29H. The summed E-state index contributed by atoms with van der Waals surface area (Å²) in [6.07, 6.45) is 0. The molecule has 0 saturated carbocycles. The van der Waals surface area contributed by atoms with E-state index in [0.29, 0.717) is 0 Å². The Bertz CT molecular complexity index is 2540. The third-order valence-electron chi connectivity index (χ3n) is 9.02. The molecule has 0 N–H and O–H groups in total. The van der Waals surface area contributed by atoms with E-state index in [-0.39, 0.29) is 0 Å². The van der Waals surface area contributed by atoms with Crippen LogP contribution in [-0.2, 0) is 0 Å². The maximum atomic E-state index is 6.46. The first kappa shape index (κ1) is 26.3. The van der Waals surface area contributed by atoms with E-state index in [1.54, 1.807) is 0 Å². The van der Waals surface area contributed by atoms with Crippen molar-refractivity contribution >= 4 is 60.5 Å². The van der Waals surface area contributed by atoms with Gasteiger partial charge in [0.25, 0.3) is 0 Å². The fraction of sp³-hybridized carbons (Fsp3) is 0. The second kappa shape index (κ2) is 10.8. The molecule has 0 atom stereocenters. The SMILES string of the molecule is c1ccc(-c2cccc(N(c3ccc4ccccc4c3)c3ccccc3-c3ccc4oc5c6ccccc6ccc5c4c3)c2)cc1. The van der Waals surface area contributed by atoms with Crippen LogP contribution in [0, 0.1) is 0 Å². The van der Waals surface area contributed by atoms with Crippen LogP contribution in [-0.4, -0.2) is 0 Å². The summed E-state index contributed by atoms with van der Waals surface area (Å²) in [5.74, 6) is 0. The van der Waals surface area contributed by atoms with Crippen molar-refractivity contribution in [2.75, 3.05) is 4.90 Å². The highest BCUT2D eigenvalue weighted by Crippen LogP contribution is 2.44. The normalized spacial score (nSPS) is 11.5. The van der Waals surface area contributed by atoms with Gasteiger partial charge in [-0.05, 0) is 81.4 Å². The van der Waals surface area contributed by atoms with Gasteiger partial charge in [0.2, 0.25) is 0 Å². The van der Waals surface area contributed by atoms with Gasteiger partial charge in [-0.1, -0.05) is 127 Å². The Hall–Kier alpha value is -6.12. The molecule has 0 radical (unpaired) electrons. The Morgan fingerprint density at radius 1 is 0.370 bits per heavy atom. The largest absolute Gasteiger partial charge is 0.455 e. The number of nitrogens with zero attached hydrogens (tertiary/aromatic N) is 1. The number of benzene rings is 8. The molecule has 0 aliphatic heterocycles. The van der Waals surface area contributed by atoms with Gasteiger partial charge in [0.1, 0.15) is 11.2 Å². The summed E-state index contributed by atoms with van der Waals surface area (Å²) in [6, 6.07) is 62.8. The Kier molecular flexibility index (Phi) is 6.17. The zero-order valence-corrected chi connectivity index (χ0v) is 25.1. The molecule has 0 spiro atoms. The summed E-state index contributed by atoms with van der Waals surface area (Å²) in [7, 11) is 0. The van der Waals surface area contributed by atoms with Crippen LogP contribution in [0.5, 0.6) is 0 Å². The molecule has 46 heavy (non-hydrogen) atoms. The number of hydrogen-bond acceptors (Lipinski definition) is 2. The smallest absolute Gasteiger partial charge is 0.143 e. The van der Waals surface area contributed by atoms with Crippen LogP contribution in [0.3, 0.4) is 0 Å². The highest BCUT2D eigenvalue weighted by Gasteiger charge is 2.19. The van der Waals surface area contributed by atoms with E-state index in [0.717, 1.165) is 55.5 Å². The van der Waals surface area contributed by atoms with Gasteiger partial charge in [0.15, 0.2) is 0 Å². The molecule has 216 valence electrons. The van der Waals surface area contributed by atoms with Gasteiger partial charge in [-0.3, -0.25) is 0 Å². The zero-order chi connectivity index (χ0) is 30.5. The first-order valence-electron chi connectivity index (χ1n) is 15.7. The summed E-state index contributed by atoms with van der Waals surface area (Å²) < 4.78 is 6.46.